The Labute approximate surface area is 114 Å². The number of pyridine rings is 1. The first-order valence-electron chi connectivity index (χ1n) is 6.04. The number of hydrogen-bond acceptors (Lipinski definition) is 6. The molecule has 0 unspecified atom stereocenters. The summed E-state index contributed by atoms with van der Waals surface area (Å²) in [5, 5.41) is 8.09. The Morgan fingerprint density at radius 2 is 1.55 bits per heavy atom. The van der Waals surface area contributed by atoms with Gasteiger partial charge in [0.05, 0.1) is 0 Å². The van der Waals surface area contributed by atoms with Crippen LogP contribution >= 0.6 is 0 Å². The lowest BCUT2D eigenvalue weighted by Gasteiger charge is -1.98. The minimum atomic E-state index is 0.241. The van der Waals surface area contributed by atoms with Crippen LogP contribution in [0.4, 0.5) is 0 Å². The molecule has 1 aliphatic rings. The lowest BCUT2D eigenvalue weighted by atomic mass is 10.2. The van der Waals surface area contributed by atoms with Crippen LogP contribution in [0.2, 0.25) is 0 Å². The maximum absolute atomic E-state index is 5.67. The minimum absolute atomic E-state index is 0.241. The Hall–Kier alpha value is -2.89. The summed E-state index contributed by atoms with van der Waals surface area (Å²) in [6.45, 7) is 0.241. The summed E-state index contributed by atoms with van der Waals surface area (Å²) in [6.07, 6.45) is 3.36. The maximum atomic E-state index is 5.67. The quantitative estimate of drug-likeness (QED) is 0.710. The average molecular weight is 267 g/mol. The fourth-order valence-electron chi connectivity index (χ4n) is 1.98. The lowest BCUT2D eigenvalue weighted by Crippen LogP contribution is -1.92. The second-order valence-electron chi connectivity index (χ2n) is 4.22. The monoisotopic (exact) mass is 267 g/mol. The van der Waals surface area contributed by atoms with Crippen molar-refractivity contribution in [2.45, 2.75) is 0 Å². The molecule has 6 heteroatoms. The molecule has 20 heavy (non-hydrogen) atoms. The fourth-order valence-corrected chi connectivity index (χ4v) is 1.98. The van der Waals surface area contributed by atoms with Gasteiger partial charge in [-0.1, -0.05) is 0 Å². The van der Waals surface area contributed by atoms with Gasteiger partial charge in [-0.3, -0.25) is 4.98 Å². The van der Waals surface area contributed by atoms with Gasteiger partial charge < -0.3 is 13.9 Å². The topological polar surface area (TPSA) is 70.3 Å². The molecule has 0 atom stereocenters. The van der Waals surface area contributed by atoms with Crippen molar-refractivity contribution in [2.24, 2.45) is 0 Å². The summed E-state index contributed by atoms with van der Waals surface area (Å²) in [5.41, 5.74) is 1.63. The van der Waals surface area contributed by atoms with Crippen molar-refractivity contribution in [3.05, 3.63) is 42.7 Å². The van der Waals surface area contributed by atoms with Crippen molar-refractivity contribution in [1.82, 2.24) is 15.2 Å². The van der Waals surface area contributed by atoms with Gasteiger partial charge >= 0.3 is 0 Å². The van der Waals surface area contributed by atoms with E-state index >= 15 is 0 Å². The molecule has 2 aromatic heterocycles. The first-order chi connectivity index (χ1) is 9.90. The Kier molecular flexibility index (Phi) is 2.38. The Balaban J connectivity index is 1.72. The maximum Gasteiger partial charge on any atom is 0.248 e. The summed E-state index contributed by atoms with van der Waals surface area (Å²) < 4.78 is 16.3. The molecule has 0 saturated heterocycles. The highest BCUT2D eigenvalue weighted by Crippen LogP contribution is 2.35. The Morgan fingerprint density at radius 3 is 2.40 bits per heavy atom. The van der Waals surface area contributed by atoms with Crippen LogP contribution in [0, 0.1) is 0 Å². The number of aromatic nitrogens is 3. The van der Waals surface area contributed by atoms with Crippen LogP contribution in [0.3, 0.4) is 0 Å². The van der Waals surface area contributed by atoms with Crippen molar-refractivity contribution in [1.29, 1.82) is 0 Å². The minimum Gasteiger partial charge on any atom is -0.454 e. The molecule has 0 saturated carbocycles. The summed E-state index contributed by atoms with van der Waals surface area (Å²) in [7, 11) is 0. The van der Waals surface area contributed by atoms with Crippen molar-refractivity contribution >= 4 is 0 Å². The molecule has 1 aliphatic heterocycles. The van der Waals surface area contributed by atoms with Crippen LogP contribution in [0.15, 0.2) is 47.1 Å². The zero-order valence-electron chi connectivity index (χ0n) is 10.3. The molecule has 4 rings (SSSR count). The van der Waals surface area contributed by atoms with Gasteiger partial charge in [0.1, 0.15) is 0 Å². The largest absolute Gasteiger partial charge is 0.454 e. The summed E-state index contributed by atoms with van der Waals surface area (Å²) in [5.74, 6) is 2.31. The average Bonchev–Trinajstić information content (AvgIpc) is 3.16. The predicted molar refractivity (Wildman–Crippen MR) is 69.1 cm³/mol. The standard InChI is InChI=1S/C14H9N3O3/c1-2-11-12(19-8-18-11)7-10(1)14-17-16-13(20-14)9-3-5-15-6-4-9/h1-7H,8H2. The molecule has 0 bridgehead atoms. The highest BCUT2D eigenvalue weighted by Gasteiger charge is 2.17. The summed E-state index contributed by atoms with van der Waals surface area (Å²) in [6, 6.07) is 9.14. The van der Waals surface area contributed by atoms with Gasteiger partial charge in [-0.15, -0.1) is 10.2 Å². The van der Waals surface area contributed by atoms with E-state index in [1.807, 2.05) is 30.3 Å². The molecule has 0 aliphatic carbocycles. The van der Waals surface area contributed by atoms with Crippen LogP contribution < -0.4 is 9.47 Å². The normalized spacial score (nSPS) is 12.6. The number of nitrogens with zero attached hydrogens (tertiary/aromatic N) is 3. The van der Waals surface area contributed by atoms with Gasteiger partial charge in [0.2, 0.25) is 18.6 Å². The van der Waals surface area contributed by atoms with Gasteiger partial charge in [0.15, 0.2) is 11.5 Å². The van der Waals surface area contributed by atoms with Gasteiger partial charge in [0.25, 0.3) is 0 Å². The van der Waals surface area contributed by atoms with E-state index in [2.05, 4.69) is 15.2 Å². The van der Waals surface area contributed by atoms with Crippen LogP contribution in [0.1, 0.15) is 0 Å². The SMILES string of the molecule is c1cc(-c2nnc(-c3ccc4c(c3)OCO4)o2)ccn1. The predicted octanol–water partition coefficient (Wildman–Crippen LogP) is 2.53. The van der Waals surface area contributed by atoms with Crippen LogP contribution in [0.25, 0.3) is 22.9 Å². The second kappa shape index (κ2) is 4.34. The number of fused-ring (bicyclic) bond motifs is 1. The molecule has 0 radical (unpaired) electrons. The van der Waals surface area contributed by atoms with Gasteiger partial charge in [-0.2, -0.15) is 0 Å². The third kappa shape index (κ3) is 1.78. The number of hydrogen-bond donors (Lipinski definition) is 0. The van der Waals surface area contributed by atoms with Crippen molar-refractivity contribution in [3.8, 4) is 34.4 Å². The molecule has 3 aromatic rings. The van der Waals surface area contributed by atoms with Crippen LogP contribution in [-0.2, 0) is 0 Å². The molecule has 0 fully saturated rings. The molecule has 0 spiro atoms. The van der Waals surface area contributed by atoms with E-state index in [0.29, 0.717) is 17.5 Å². The summed E-state index contributed by atoms with van der Waals surface area (Å²) in [4.78, 5) is 3.95. The summed E-state index contributed by atoms with van der Waals surface area (Å²) >= 11 is 0. The van der Waals surface area contributed by atoms with Gasteiger partial charge in [0, 0.05) is 23.5 Å². The van der Waals surface area contributed by atoms with Gasteiger partial charge in [-0.05, 0) is 30.3 Å². The molecular weight excluding hydrogens is 258 g/mol. The molecule has 1 aromatic carbocycles. The van der Waals surface area contributed by atoms with E-state index < -0.39 is 0 Å². The van der Waals surface area contributed by atoms with Crippen molar-refractivity contribution < 1.29 is 13.9 Å². The van der Waals surface area contributed by atoms with Crippen LogP contribution in [0.5, 0.6) is 11.5 Å². The van der Waals surface area contributed by atoms with E-state index in [0.717, 1.165) is 16.9 Å². The number of benzene rings is 1. The molecular formula is C14H9N3O3. The van der Waals surface area contributed by atoms with Crippen LogP contribution in [-0.4, -0.2) is 22.0 Å². The zero-order chi connectivity index (χ0) is 13.4. The number of ether oxygens (including phenoxy) is 2. The van der Waals surface area contributed by atoms with Crippen molar-refractivity contribution in [3.63, 3.8) is 0 Å². The van der Waals surface area contributed by atoms with E-state index in [-0.39, 0.29) is 6.79 Å². The first kappa shape index (κ1) is 11.0. The highest BCUT2D eigenvalue weighted by molar-refractivity contribution is 5.62. The molecule has 0 N–H and O–H groups in total. The second-order valence-corrected chi connectivity index (χ2v) is 4.22. The molecule has 0 amide bonds. The number of rotatable bonds is 2. The van der Waals surface area contributed by atoms with E-state index in [1.54, 1.807) is 12.4 Å². The highest BCUT2D eigenvalue weighted by atomic mass is 16.7. The van der Waals surface area contributed by atoms with Gasteiger partial charge in [-0.25, -0.2) is 0 Å². The lowest BCUT2D eigenvalue weighted by molar-refractivity contribution is 0.174. The first-order valence-corrected chi connectivity index (χ1v) is 6.04. The Morgan fingerprint density at radius 1 is 0.800 bits per heavy atom. The molecule has 3 heterocycles. The van der Waals surface area contributed by atoms with E-state index in [9.17, 15) is 0 Å². The third-order valence-electron chi connectivity index (χ3n) is 2.97. The zero-order valence-corrected chi connectivity index (χ0v) is 10.3. The molecule has 6 nitrogen and oxygen atoms in total. The molecule has 98 valence electrons. The van der Waals surface area contributed by atoms with E-state index in [4.69, 9.17) is 13.9 Å². The fraction of sp³-hybridized carbons (Fsp3) is 0.0714. The smallest absolute Gasteiger partial charge is 0.248 e. The van der Waals surface area contributed by atoms with Crippen molar-refractivity contribution in [2.75, 3.05) is 6.79 Å². The third-order valence-corrected chi connectivity index (χ3v) is 2.97. The Bertz CT molecular complexity index is 755. The van der Waals surface area contributed by atoms with E-state index in [1.165, 1.54) is 0 Å².